The van der Waals surface area contributed by atoms with E-state index in [1.165, 1.54) is 0 Å². The van der Waals surface area contributed by atoms with Gasteiger partial charge in [-0.05, 0) is 0 Å². The zero-order valence-electron chi connectivity index (χ0n) is 60.7. The molecule has 0 saturated carbocycles. The van der Waals surface area contributed by atoms with Crippen molar-refractivity contribution in [1.82, 2.24) is 0 Å². The van der Waals surface area contributed by atoms with Crippen LogP contribution >= 0.6 is 0 Å². The molecular weight excluding hydrogens is 1600 g/mol. The summed E-state index contributed by atoms with van der Waals surface area (Å²) in [5.41, 5.74) is 0. The number of rotatable bonds is 28. The summed E-state index contributed by atoms with van der Waals surface area (Å²) in [6.07, 6.45) is -107. The van der Waals surface area contributed by atoms with Gasteiger partial charge in [0.05, 0.1) is 72.7 Å². The van der Waals surface area contributed by atoms with Crippen LogP contribution in [0.1, 0.15) is 0 Å². The number of aliphatic hydroxyl groups excluding tert-OH is 32. The van der Waals surface area contributed by atoms with Crippen molar-refractivity contribution in [3.63, 3.8) is 0 Å². The van der Waals surface area contributed by atoms with Crippen LogP contribution in [0.3, 0.4) is 0 Å². The SMILES string of the molecule is OC[C@H]1O[C@@H](O[C@H]2[C@H](O)[C@@H](O)[C@H](O[C@H]3[C@H](O)[C@@H](O)[C@H](O[C@H]4[C@H](O)[C@@H](O)[C@H](O[C@H]5[C@H](O)[C@@H](O)[C@H](O[C@H]6[C@H](O)[C@@H](O)[C@H](O[C@H]7[C@H](O)[C@@H](O)[C@H](O[C@H]8[C@H](O)[C@@H](O)C(O)O[C@@H]8CO)O[C@@H]7CO[C@H]7OC[C@@H](O)[C@H](O)[C@H]7O)O[C@@H]6CO[C@H]6OC[C@@H](O)[C@H](O)[C@H]6O)O[C@@H]5CO[C@H]5OC[C@@H](O)[C@H](O)[C@@H]5O)O[C@@H]4CO)O[C@@H]3CO)O[C@@H]2CO)[C@H](O)[C@@H](O)[C@@H]1O. The second-order valence-corrected chi connectivity index (χ2v) is 29.6. The fraction of sp³-hybridized carbons (Fsp3) is 1.00. The standard InChI is InChI=1S/C63H106O53/c64-1-15-26(75)27(76)39(88)57(103-15)111-47-17(3-66)104-58(40(89)29(47)78)112-48-18(4-67)105-59(41(90)30(48)79)113-49-19(5-68)106-60(42(91)31(49)80)114-50-20(9-99-54-36(85)23(72)12(69)6-96-54)108-62(44(93)33(50)82)116-52-22(11-101-56-38(87)25(74)14(71)8-98-56)109-63(45(94)34(52)83)115-51-21(10-100-55-37(86)24(73)13(70)7-97-55)107-61(43(92)32(51)81)110-46-16(2-65)102-53(95)35(84)28(46)77/h12-95H,1-11H2/t12-,13-,14-,15-,16-,17-,18-,19-,20-,21-,22-,23+,24+,25+,26-,27+,28-,29-,30-,31-,32-,33-,34-,35-,36+,37-,38-,39-,40-,41-,42-,43-,44-,45-,46-,47-,48-,49-,50-,51-,52-,53?,54-,55-,56-,57+,58+,59+,60+,61+,62+,63+/m1/s1. The average Bonchev–Trinajstić information content (AvgIpc) is 0.770. The molecule has 116 heavy (non-hydrogen) atoms. The van der Waals surface area contributed by atoms with E-state index in [4.69, 9.17) is 99.5 Å². The molecule has 11 saturated heterocycles. The van der Waals surface area contributed by atoms with Gasteiger partial charge in [0.2, 0.25) is 0 Å². The summed E-state index contributed by atoms with van der Waals surface area (Å²) in [5.74, 6) is 0. The molecule has 11 heterocycles. The van der Waals surface area contributed by atoms with Crippen molar-refractivity contribution in [2.45, 2.75) is 319 Å². The molecule has 11 aliphatic heterocycles. The second kappa shape index (κ2) is 40.9. The molecule has 0 radical (unpaired) electrons. The Kier molecular flexibility index (Phi) is 33.3. The highest BCUT2D eigenvalue weighted by molar-refractivity contribution is 5.03. The van der Waals surface area contributed by atoms with E-state index in [1.54, 1.807) is 0 Å². The molecule has 0 aliphatic carbocycles. The van der Waals surface area contributed by atoms with Gasteiger partial charge in [-0.15, -0.1) is 0 Å². The topological polar surface area (TPSA) is 841 Å². The van der Waals surface area contributed by atoms with Crippen molar-refractivity contribution >= 4 is 0 Å². The quantitative estimate of drug-likeness (QED) is 0.0346. The molecule has 32 N–H and O–H groups in total. The number of hydrogen-bond donors (Lipinski definition) is 32. The summed E-state index contributed by atoms with van der Waals surface area (Å²) in [6.45, 7) is -10.3. The molecule has 0 aromatic carbocycles. The van der Waals surface area contributed by atoms with E-state index in [0.717, 1.165) is 0 Å². The third-order valence-corrected chi connectivity index (χ3v) is 21.7. The van der Waals surface area contributed by atoms with Gasteiger partial charge in [0.1, 0.15) is 250 Å². The molecule has 11 fully saturated rings. The Morgan fingerprint density at radius 2 is 0.371 bits per heavy atom. The van der Waals surface area contributed by atoms with Gasteiger partial charge in [-0.25, -0.2) is 0 Å². The van der Waals surface area contributed by atoms with E-state index in [2.05, 4.69) is 0 Å². The van der Waals surface area contributed by atoms with Crippen molar-refractivity contribution in [1.29, 1.82) is 0 Å². The molecule has 53 heteroatoms. The second-order valence-electron chi connectivity index (χ2n) is 29.6. The molecule has 52 atom stereocenters. The minimum Gasteiger partial charge on any atom is -0.394 e. The molecule has 0 amide bonds. The smallest absolute Gasteiger partial charge is 0.187 e. The highest BCUT2D eigenvalue weighted by Crippen LogP contribution is 2.40. The Hall–Kier alpha value is -2.12. The molecule has 0 aromatic heterocycles. The number of ether oxygens (including phenoxy) is 21. The largest absolute Gasteiger partial charge is 0.394 e. The summed E-state index contributed by atoms with van der Waals surface area (Å²) >= 11 is 0. The van der Waals surface area contributed by atoms with Crippen molar-refractivity contribution in [3.8, 4) is 0 Å². The highest BCUT2D eigenvalue weighted by atomic mass is 16.8. The summed E-state index contributed by atoms with van der Waals surface area (Å²) in [4.78, 5) is 0. The lowest BCUT2D eigenvalue weighted by molar-refractivity contribution is -0.402. The molecule has 0 aromatic rings. The molecule has 11 aliphatic rings. The van der Waals surface area contributed by atoms with Gasteiger partial charge in [-0.2, -0.15) is 0 Å². The van der Waals surface area contributed by atoms with Crippen molar-refractivity contribution in [3.05, 3.63) is 0 Å². The highest BCUT2D eigenvalue weighted by Gasteiger charge is 2.61. The molecule has 1 unspecified atom stereocenters. The average molecular weight is 1710 g/mol. The van der Waals surface area contributed by atoms with E-state index < -0.39 is 392 Å². The normalized spacial score (nSPS) is 54.0. The minimum absolute atomic E-state index is 0.622. The monoisotopic (exact) mass is 1710 g/mol. The van der Waals surface area contributed by atoms with Crippen LogP contribution < -0.4 is 0 Å². The van der Waals surface area contributed by atoms with Gasteiger partial charge in [0, 0.05) is 0 Å². The van der Waals surface area contributed by atoms with Crippen LogP contribution in [-0.2, 0) is 99.5 Å². The predicted molar refractivity (Wildman–Crippen MR) is 344 cm³/mol. The van der Waals surface area contributed by atoms with E-state index in [1.807, 2.05) is 0 Å². The van der Waals surface area contributed by atoms with E-state index >= 15 is 0 Å². The van der Waals surface area contributed by atoms with Crippen LogP contribution in [0.25, 0.3) is 0 Å². The summed E-state index contributed by atoms with van der Waals surface area (Å²) in [5, 5.41) is 349. The van der Waals surface area contributed by atoms with Crippen molar-refractivity contribution in [2.75, 3.05) is 72.7 Å². The van der Waals surface area contributed by atoms with Crippen LogP contribution in [0.4, 0.5) is 0 Å². The molecule has 0 bridgehead atoms. The Morgan fingerprint density at radius 1 is 0.181 bits per heavy atom. The summed E-state index contributed by atoms with van der Waals surface area (Å²) < 4.78 is 120. The van der Waals surface area contributed by atoms with Gasteiger partial charge in [0.25, 0.3) is 0 Å². The molecule has 676 valence electrons. The fourth-order valence-corrected chi connectivity index (χ4v) is 14.8. The Balaban J connectivity index is 0.796. The van der Waals surface area contributed by atoms with Gasteiger partial charge in [-0.3, -0.25) is 0 Å². The molecule has 53 nitrogen and oxygen atoms in total. The van der Waals surface area contributed by atoms with Crippen LogP contribution in [0, 0.1) is 0 Å². The van der Waals surface area contributed by atoms with Crippen LogP contribution in [0.2, 0.25) is 0 Å². The van der Waals surface area contributed by atoms with E-state index in [0.29, 0.717) is 0 Å². The van der Waals surface area contributed by atoms with Crippen molar-refractivity contribution in [2.24, 2.45) is 0 Å². The maximum Gasteiger partial charge on any atom is 0.187 e. The van der Waals surface area contributed by atoms with Gasteiger partial charge >= 0.3 is 0 Å². The minimum atomic E-state index is -2.51. The molecule has 0 spiro atoms. The van der Waals surface area contributed by atoms with Crippen LogP contribution in [0.5, 0.6) is 0 Å². The lowest BCUT2D eigenvalue weighted by Gasteiger charge is -2.50. The molecular formula is C63H106O53. The first kappa shape index (κ1) is 94.6. The fourth-order valence-electron chi connectivity index (χ4n) is 14.8. The van der Waals surface area contributed by atoms with E-state index in [-0.39, 0.29) is 0 Å². The van der Waals surface area contributed by atoms with Gasteiger partial charge in [0.15, 0.2) is 69.2 Å². The Morgan fingerprint density at radius 3 is 0.612 bits per heavy atom. The summed E-state index contributed by atoms with van der Waals surface area (Å²) in [6, 6.07) is 0. The maximum absolute atomic E-state index is 12.2. The van der Waals surface area contributed by atoms with Crippen molar-refractivity contribution < 1.29 is 263 Å². The van der Waals surface area contributed by atoms with Crippen LogP contribution in [-0.4, -0.2) is 556 Å². The predicted octanol–water partition coefficient (Wildman–Crippen LogP) is -23.1. The first-order valence-electron chi connectivity index (χ1n) is 36.9. The molecule has 11 rings (SSSR count). The number of aliphatic hydroxyl groups is 32. The third kappa shape index (κ3) is 20.1. The Labute approximate surface area is 653 Å². The third-order valence-electron chi connectivity index (χ3n) is 21.7. The lowest BCUT2D eigenvalue weighted by Crippen LogP contribution is -2.69. The number of hydrogen-bond acceptors (Lipinski definition) is 53. The zero-order chi connectivity index (χ0) is 84.6. The summed E-state index contributed by atoms with van der Waals surface area (Å²) in [7, 11) is 0. The van der Waals surface area contributed by atoms with Gasteiger partial charge < -0.3 is 263 Å². The first-order chi connectivity index (χ1) is 55.0. The maximum atomic E-state index is 12.2. The zero-order valence-corrected chi connectivity index (χ0v) is 60.7. The van der Waals surface area contributed by atoms with Crippen LogP contribution in [0.15, 0.2) is 0 Å². The first-order valence-corrected chi connectivity index (χ1v) is 36.9. The Bertz CT molecular complexity index is 2950. The van der Waals surface area contributed by atoms with E-state index in [9.17, 15) is 163 Å². The lowest BCUT2D eigenvalue weighted by atomic mass is 9.95. The van der Waals surface area contributed by atoms with Gasteiger partial charge in [-0.1, -0.05) is 0 Å².